The highest BCUT2D eigenvalue weighted by Crippen LogP contribution is 2.27. The number of benzene rings is 1. The van der Waals surface area contributed by atoms with Crippen molar-refractivity contribution in [3.05, 3.63) is 33.9 Å². The summed E-state index contributed by atoms with van der Waals surface area (Å²) in [4.78, 5) is 13.3. The number of nitro groups is 1. The summed E-state index contributed by atoms with van der Waals surface area (Å²) in [6, 6.07) is 5.54. The highest BCUT2D eigenvalue weighted by atomic mass is 16.6. The summed E-state index contributed by atoms with van der Waals surface area (Å²) in [6.07, 6.45) is 3.75. The average Bonchev–Trinajstić information content (AvgIpc) is 2.49. The first-order valence-corrected chi connectivity index (χ1v) is 7.87. The molecule has 0 atom stereocenters. The largest absolute Gasteiger partial charge is 0.380 e. The molecule has 0 radical (unpaired) electrons. The molecule has 116 valence electrons. The summed E-state index contributed by atoms with van der Waals surface area (Å²) in [7, 11) is 0. The summed E-state index contributed by atoms with van der Waals surface area (Å²) < 4.78 is 0. The van der Waals surface area contributed by atoms with Gasteiger partial charge in [-0.15, -0.1) is 0 Å². The Balaban J connectivity index is 2.04. The molecule has 1 aromatic carbocycles. The fourth-order valence-electron chi connectivity index (χ4n) is 2.98. The summed E-state index contributed by atoms with van der Waals surface area (Å²) in [5, 5.41) is 14.2. The quantitative estimate of drug-likeness (QED) is 0.642. The first-order valence-electron chi connectivity index (χ1n) is 7.87. The van der Waals surface area contributed by atoms with Gasteiger partial charge in [0.25, 0.3) is 5.69 Å². The number of hydrogen-bond acceptors (Lipinski definition) is 4. The van der Waals surface area contributed by atoms with E-state index in [4.69, 9.17) is 0 Å². The van der Waals surface area contributed by atoms with Crippen LogP contribution in [0, 0.1) is 16.0 Å². The molecule has 5 nitrogen and oxygen atoms in total. The second kappa shape index (κ2) is 7.41. The predicted octanol–water partition coefficient (Wildman–Crippen LogP) is 3.65. The van der Waals surface area contributed by atoms with Gasteiger partial charge in [0.2, 0.25) is 0 Å². The SMILES string of the molecule is CCNc1ccc(CN2CCC(CC)CC2)cc1[N+](=O)[O-]. The van der Waals surface area contributed by atoms with Crippen molar-refractivity contribution in [3.63, 3.8) is 0 Å². The molecule has 5 heteroatoms. The number of piperidine rings is 1. The Morgan fingerprint density at radius 1 is 1.33 bits per heavy atom. The van der Waals surface area contributed by atoms with Crippen molar-refractivity contribution in [2.75, 3.05) is 25.0 Å². The first-order chi connectivity index (χ1) is 10.1. The zero-order valence-electron chi connectivity index (χ0n) is 13.0. The number of nitrogens with one attached hydrogen (secondary N) is 1. The molecule has 2 rings (SSSR count). The summed E-state index contributed by atoms with van der Waals surface area (Å²) in [6.45, 7) is 7.88. The molecule has 0 aliphatic carbocycles. The van der Waals surface area contributed by atoms with Crippen LogP contribution < -0.4 is 5.32 Å². The average molecular weight is 291 g/mol. The molecule has 1 saturated heterocycles. The molecule has 1 aromatic rings. The van der Waals surface area contributed by atoms with Crippen LogP contribution in [0.2, 0.25) is 0 Å². The molecule has 0 saturated carbocycles. The van der Waals surface area contributed by atoms with Crippen molar-refractivity contribution in [1.82, 2.24) is 4.90 Å². The van der Waals surface area contributed by atoms with Gasteiger partial charge in [0.1, 0.15) is 5.69 Å². The Morgan fingerprint density at radius 3 is 2.62 bits per heavy atom. The van der Waals surface area contributed by atoms with Crippen molar-refractivity contribution in [1.29, 1.82) is 0 Å². The van der Waals surface area contributed by atoms with Crippen molar-refractivity contribution in [3.8, 4) is 0 Å². The molecule has 0 spiro atoms. The van der Waals surface area contributed by atoms with Gasteiger partial charge in [-0.3, -0.25) is 15.0 Å². The van der Waals surface area contributed by atoms with Gasteiger partial charge >= 0.3 is 0 Å². The van der Waals surface area contributed by atoms with Crippen LogP contribution in [0.3, 0.4) is 0 Å². The molecule has 1 heterocycles. The maximum absolute atomic E-state index is 11.2. The molecule has 1 aliphatic rings. The number of rotatable bonds is 6. The van der Waals surface area contributed by atoms with Crippen molar-refractivity contribution in [2.24, 2.45) is 5.92 Å². The molecule has 21 heavy (non-hydrogen) atoms. The molecule has 1 fully saturated rings. The Bertz CT molecular complexity index is 482. The zero-order valence-corrected chi connectivity index (χ0v) is 13.0. The van der Waals surface area contributed by atoms with E-state index >= 15 is 0 Å². The van der Waals surface area contributed by atoms with Gasteiger partial charge in [-0.2, -0.15) is 0 Å². The second-order valence-electron chi connectivity index (χ2n) is 5.77. The maximum atomic E-state index is 11.2. The standard InChI is InChI=1S/C16H25N3O2/c1-3-13-7-9-18(10-8-13)12-14-5-6-15(17-4-2)16(11-14)19(20)21/h5-6,11,13,17H,3-4,7-10,12H2,1-2H3. The van der Waals surface area contributed by atoms with Crippen molar-refractivity contribution >= 4 is 11.4 Å². The molecule has 1 aliphatic heterocycles. The highest BCUT2D eigenvalue weighted by molar-refractivity contribution is 5.62. The molecule has 0 unspecified atom stereocenters. The highest BCUT2D eigenvalue weighted by Gasteiger charge is 2.19. The first kappa shape index (κ1) is 15.8. The lowest BCUT2D eigenvalue weighted by Gasteiger charge is -2.31. The van der Waals surface area contributed by atoms with E-state index in [0.29, 0.717) is 12.2 Å². The number of nitrogens with zero attached hydrogens (tertiary/aromatic N) is 2. The van der Waals surface area contributed by atoms with Gasteiger partial charge in [0.15, 0.2) is 0 Å². The van der Waals surface area contributed by atoms with Crippen molar-refractivity contribution in [2.45, 2.75) is 39.7 Å². The van der Waals surface area contributed by atoms with Crippen LogP contribution >= 0.6 is 0 Å². The van der Waals surface area contributed by atoms with E-state index in [1.165, 1.54) is 19.3 Å². The zero-order chi connectivity index (χ0) is 15.2. The van der Waals surface area contributed by atoms with Gasteiger partial charge in [-0.05, 0) is 50.4 Å². The third kappa shape index (κ3) is 4.17. The fraction of sp³-hybridized carbons (Fsp3) is 0.625. The summed E-state index contributed by atoms with van der Waals surface area (Å²) >= 11 is 0. The second-order valence-corrected chi connectivity index (χ2v) is 5.77. The van der Waals surface area contributed by atoms with Gasteiger partial charge in [0, 0.05) is 19.2 Å². The molecular weight excluding hydrogens is 266 g/mol. The number of nitro benzene ring substituents is 1. The third-order valence-electron chi connectivity index (χ3n) is 4.32. The van der Waals surface area contributed by atoms with E-state index in [1.54, 1.807) is 6.07 Å². The lowest BCUT2D eigenvalue weighted by molar-refractivity contribution is -0.384. The van der Waals surface area contributed by atoms with E-state index < -0.39 is 0 Å². The Hall–Kier alpha value is -1.62. The van der Waals surface area contributed by atoms with Crippen LogP contribution in [0.25, 0.3) is 0 Å². The van der Waals surface area contributed by atoms with Crippen LogP contribution in [0.5, 0.6) is 0 Å². The topological polar surface area (TPSA) is 58.4 Å². The van der Waals surface area contributed by atoms with Crippen LogP contribution in [-0.2, 0) is 6.54 Å². The fourth-order valence-corrected chi connectivity index (χ4v) is 2.98. The minimum atomic E-state index is -0.301. The molecule has 1 N–H and O–H groups in total. The Labute approximate surface area is 126 Å². The van der Waals surface area contributed by atoms with Crippen LogP contribution in [0.1, 0.15) is 38.7 Å². The lowest BCUT2D eigenvalue weighted by atomic mass is 9.94. The van der Waals surface area contributed by atoms with E-state index in [0.717, 1.165) is 31.1 Å². The van der Waals surface area contributed by atoms with Crippen LogP contribution in [0.4, 0.5) is 11.4 Å². The van der Waals surface area contributed by atoms with E-state index in [9.17, 15) is 10.1 Å². The third-order valence-corrected chi connectivity index (χ3v) is 4.32. The minimum absolute atomic E-state index is 0.179. The summed E-state index contributed by atoms with van der Waals surface area (Å²) in [5.74, 6) is 0.853. The van der Waals surface area contributed by atoms with Crippen molar-refractivity contribution < 1.29 is 4.92 Å². The van der Waals surface area contributed by atoms with Crippen LogP contribution in [0.15, 0.2) is 18.2 Å². The van der Waals surface area contributed by atoms with Gasteiger partial charge in [0.05, 0.1) is 4.92 Å². The van der Waals surface area contributed by atoms with E-state index in [2.05, 4.69) is 17.1 Å². The number of likely N-dealkylation sites (tertiary alicyclic amines) is 1. The van der Waals surface area contributed by atoms with Gasteiger partial charge < -0.3 is 5.32 Å². The molecule has 0 amide bonds. The molecule has 0 bridgehead atoms. The monoisotopic (exact) mass is 291 g/mol. The lowest BCUT2D eigenvalue weighted by Crippen LogP contribution is -2.33. The molecule has 0 aromatic heterocycles. The van der Waals surface area contributed by atoms with E-state index in [-0.39, 0.29) is 10.6 Å². The Kier molecular flexibility index (Phi) is 5.56. The maximum Gasteiger partial charge on any atom is 0.292 e. The summed E-state index contributed by atoms with van der Waals surface area (Å²) in [5.41, 5.74) is 1.81. The van der Waals surface area contributed by atoms with E-state index in [1.807, 2.05) is 19.1 Å². The smallest absolute Gasteiger partial charge is 0.292 e. The minimum Gasteiger partial charge on any atom is -0.380 e. The van der Waals surface area contributed by atoms with Gasteiger partial charge in [-0.25, -0.2) is 0 Å². The Morgan fingerprint density at radius 2 is 2.05 bits per heavy atom. The predicted molar refractivity (Wildman–Crippen MR) is 85.6 cm³/mol. The normalized spacial score (nSPS) is 16.9. The number of anilines is 1. The van der Waals surface area contributed by atoms with Crippen LogP contribution in [-0.4, -0.2) is 29.5 Å². The van der Waals surface area contributed by atoms with Gasteiger partial charge in [-0.1, -0.05) is 19.4 Å². The number of hydrogen-bond donors (Lipinski definition) is 1. The molecular formula is C16H25N3O2.